The molecule has 0 N–H and O–H groups in total. The first-order valence-electron chi connectivity index (χ1n) is 5.30. The maximum atomic E-state index is 8.97. The fourth-order valence-electron chi connectivity index (χ4n) is 1.26. The third-order valence-corrected chi connectivity index (χ3v) is 2.59. The van der Waals surface area contributed by atoms with E-state index in [1.54, 1.807) is 0 Å². The molecule has 0 aromatic carbocycles. The molecule has 82 valence electrons. The van der Waals surface area contributed by atoms with Crippen molar-refractivity contribution in [1.29, 1.82) is 5.26 Å². The number of hydrogen-bond donors (Lipinski definition) is 0. The fourth-order valence-corrected chi connectivity index (χ4v) is 1.26. The lowest BCUT2D eigenvalue weighted by Gasteiger charge is -2.26. The van der Waals surface area contributed by atoms with Crippen LogP contribution in [0.5, 0.6) is 0 Å². The average molecular weight is 197 g/mol. The molecular weight excluding hydrogens is 174 g/mol. The van der Waals surface area contributed by atoms with Crippen molar-refractivity contribution in [3.63, 3.8) is 0 Å². The normalized spacial score (nSPS) is 13.0. The Bertz CT molecular complexity index is 181. The van der Waals surface area contributed by atoms with Crippen LogP contribution in [0.25, 0.3) is 0 Å². The van der Waals surface area contributed by atoms with Crippen LogP contribution in [0.15, 0.2) is 0 Å². The molecule has 0 bridgehead atoms. The van der Waals surface area contributed by atoms with Gasteiger partial charge in [-0.15, -0.1) is 0 Å². The molecule has 0 rings (SSSR count). The third-order valence-electron chi connectivity index (χ3n) is 2.59. The van der Waals surface area contributed by atoms with Gasteiger partial charge in [-0.2, -0.15) is 5.26 Å². The Labute approximate surface area is 88.3 Å². The lowest BCUT2D eigenvalue weighted by atomic mass is 10.1. The van der Waals surface area contributed by atoms with Crippen molar-refractivity contribution in [3.8, 4) is 6.19 Å². The molecule has 0 fully saturated rings. The zero-order valence-electron chi connectivity index (χ0n) is 10.1. The molecule has 1 atom stereocenters. The lowest BCUT2D eigenvalue weighted by Crippen LogP contribution is -2.34. The van der Waals surface area contributed by atoms with Gasteiger partial charge in [0.25, 0.3) is 0 Å². The van der Waals surface area contributed by atoms with Gasteiger partial charge in [-0.3, -0.25) is 0 Å². The monoisotopic (exact) mass is 197 g/mol. The van der Waals surface area contributed by atoms with Crippen molar-refractivity contribution < 1.29 is 0 Å². The predicted molar refractivity (Wildman–Crippen MR) is 59.8 cm³/mol. The second kappa shape index (κ2) is 6.67. The first-order valence-corrected chi connectivity index (χ1v) is 5.30. The number of nitriles is 1. The van der Waals surface area contributed by atoms with Crippen molar-refractivity contribution in [3.05, 3.63) is 0 Å². The fraction of sp³-hybridized carbons (Fsp3) is 0.909. The van der Waals surface area contributed by atoms with Crippen LogP contribution in [0, 0.1) is 17.4 Å². The zero-order chi connectivity index (χ0) is 11.1. The smallest absolute Gasteiger partial charge is 0.179 e. The molecular formula is C11H23N3. The molecule has 3 nitrogen and oxygen atoms in total. The van der Waals surface area contributed by atoms with E-state index in [-0.39, 0.29) is 0 Å². The van der Waals surface area contributed by atoms with Crippen LogP contribution in [-0.4, -0.2) is 43.0 Å². The molecule has 0 aliphatic heterocycles. The summed E-state index contributed by atoms with van der Waals surface area (Å²) in [6.45, 7) is 8.34. The van der Waals surface area contributed by atoms with Crippen LogP contribution in [0.3, 0.4) is 0 Å². The summed E-state index contributed by atoms with van der Waals surface area (Å²) in [6, 6.07) is 0.349. The summed E-state index contributed by atoms with van der Waals surface area (Å²) in [6.07, 6.45) is 3.32. The summed E-state index contributed by atoms with van der Waals surface area (Å²) < 4.78 is 0. The molecule has 0 radical (unpaired) electrons. The van der Waals surface area contributed by atoms with Crippen LogP contribution < -0.4 is 0 Å². The summed E-state index contributed by atoms with van der Waals surface area (Å²) >= 11 is 0. The molecule has 0 saturated carbocycles. The minimum absolute atomic E-state index is 0.349. The summed E-state index contributed by atoms with van der Waals surface area (Å²) in [5.41, 5.74) is 0. The van der Waals surface area contributed by atoms with E-state index >= 15 is 0 Å². The first-order chi connectivity index (χ1) is 6.49. The second-order valence-corrected chi connectivity index (χ2v) is 4.43. The Morgan fingerprint density at radius 1 is 1.14 bits per heavy atom. The van der Waals surface area contributed by atoms with Crippen molar-refractivity contribution >= 4 is 0 Å². The highest BCUT2D eigenvalue weighted by atomic mass is 15.1. The Morgan fingerprint density at radius 2 is 1.71 bits per heavy atom. The second-order valence-electron chi connectivity index (χ2n) is 4.43. The molecule has 0 unspecified atom stereocenters. The van der Waals surface area contributed by atoms with E-state index in [4.69, 9.17) is 5.26 Å². The molecule has 0 aliphatic carbocycles. The topological polar surface area (TPSA) is 30.3 Å². The minimum Gasteiger partial charge on any atom is -0.309 e. The number of rotatable bonds is 6. The molecule has 0 aromatic rings. The van der Waals surface area contributed by atoms with Crippen molar-refractivity contribution in [2.45, 2.75) is 33.2 Å². The largest absolute Gasteiger partial charge is 0.309 e. The quantitative estimate of drug-likeness (QED) is 0.480. The summed E-state index contributed by atoms with van der Waals surface area (Å²) in [5.74, 6) is 0.536. The molecule has 0 heterocycles. The van der Waals surface area contributed by atoms with Gasteiger partial charge < -0.3 is 9.80 Å². The molecule has 0 spiro atoms. The standard InChI is InChI=1S/C11H23N3/c1-10(2)11(3)14(9-12)8-6-7-13(4)5/h10-11H,6-8H2,1-5H3/t11-/m1/s1. The van der Waals surface area contributed by atoms with E-state index < -0.39 is 0 Å². The molecule has 0 saturated heterocycles. The van der Waals surface area contributed by atoms with E-state index in [2.05, 4.69) is 46.0 Å². The van der Waals surface area contributed by atoms with Gasteiger partial charge in [0, 0.05) is 12.6 Å². The van der Waals surface area contributed by atoms with E-state index in [0.717, 1.165) is 19.5 Å². The highest BCUT2D eigenvalue weighted by Crippen LogP contribution is 2.09. The lowest BCUT2D eigenvalue weighted by molar-refractivity contribution is 0.236. The van der Waals surface area contributed by atoms with Crippen LogP contribution in [0.4, 0.5) is 0 Å². The summed E-state index contributed by atoms with van der Waals surface area (Å²) in [7, 11) is 4.12. The average Bonchev–Trinajstić information content (AvgIpc) is 2.10. The highest BCUT2D eigenvalue weighted by molar-refractivity contribution is 4.81. The van der Waals surface area contributed by atoms with Gasteiger partial charge in [-0.25, -0.2) is 0 Å². The van der Waals surface area contributed by atoms with Gasteiger partial charge >= 0.3 is 0 Å². The zero-order valence-corrected chi connectivity index (χ0v) is 10.1. The maximum absolute atomic E-state index is 8.97. The van der Waals surface area contributed by atoms with E-state index in [0.29, 0.717) is 12.0 Å². The van der Waals surface area contributed by atoms with Crippen LogP contribution in [0.1, 0.15) is 27.2 Å². The molecule has 0 aliphatic rings. The molecule has 0 aromatic heterocycles. The highest BCUT2D eigenvalue weighted by Gasteiger charge is 2.14. The number of hydrogen-bond acceptors (Lipinski definition) is 3. The Balaban J connectivity index is 3.87. The Kier molecular flexibility index (Phi) is 6.31. The van der Waals surface area contributed by atoms with Crippen LogP contribution in [0.2, 0.25) is 0 Å². The predicted octanol–water partition coefficient (Wildman–Crippen LogP) is 1.77. The van der Waals surface area contributed by atoms with Crippen molar-refractivity contribution in [2.24, 2.45) is 5.92 Å². The van der Waals surface area contributed by atoms with Gasteiger partial charge in [-0.05, 0) is 39.9 Å². The maximum Gasteiger partial charge on any atom is 0.179 e. The van der Waals surface area contributed by atoms with E-state index in [9.17, 15) is 0 Å². The van der Waals surface area contributed by atoms with E-state index in [1.807, 2.05) is 4.90 Å². The van der Waals surface area contributed by atoms with Gasteiger partial charge in [0.2, 0.25) is 0 Å². The summed E-state index contributed by atoms with van der Waals surface area (Å²) in [4.78, 5) is 4.03. The van der Waals surface area contributed by atoms with Gasteiger partial charge in [0.15, 0.2) is 6.19 Å². The SMILES string of the molecule is CC(C)[C@@H](C)N(C#N)CCCN(C)C. The Morgan fingerprint density at radius 3 is 2.07 bits per heavy atom. The van der Waals surface area contributed by atoms with E-state index in [1.165, 1.54) is 0 Å². The van der Waals surface area contributed by atoms with Gasteiger partial charge in [-0.1, -0.05) is 13.8 Å². The Hall–Kier alpha value is -0.750. The third kappa shape index (κ3) is 5.08. The number of nitrogens with zero attached hydrogens (tertiary/aromatic N) is 3. The molecule has 14 heavy (non-hydrogen) atoms. The van der Waals surface area contributed by atoms with Crippen LogP contribution >= 0.6 is 0 Å². The van der Waals surface area contributed by atoms with Crippen molar-refractivity contribution in [2.75, 3.05) is 27.2 Å². The molecule has 0 amide bonds. The van der Waals surface area contributed by atoms with Crippen molar-refractivity contribution in [1.82, 2.24) is 9.80 Å². The van der Waals surface area contributed by atoms with Gasteiger partial charge in [0.1, 0.15) is 0 Å². The minimum atomic E-state index is 0.349. The molecule has 3 heteroatoms. The van der Waals surface area contributed by atoms with Crippen LogP contribution in [-0.2, 0) is 0 Å². The summed E-state index contributed by atoms with van der Waals surface area (Å²) in [5, 5.41) is 8.97. The van der Waals surface area contributed by atoms with Gasteiger partial charge in [0.05, 0.1) is 0 Å². The first kappa shape index (κ1) is 13.2.